The van der Waals surface area contributed by atoms with Crippen LogP contribution >= 0.6 is 0 Å². The molecule has 0 atom stereocenters. The molecule has 2 aromatic carbocycles. The van der Waals surface area contributed by atoms with E-state index in [9.17, 15) is 4.79 Å². The Hall–Kier alpha value is -3.41. The fourth-order valence-electron chi connectivity index (χ4n) is 4.26. The Morgan fingerprint density at radius 2 is 1.56 bits per heavy atom. The maximum absolute atomic E-state index is 13.1. The van der Waals surface area contributed by atoms with Crippen LogP contribution in [-0.2, 0) is 0 Å². The van der Waals surface area contributed by atoms with Crippen LogP contribution in [0.15, 0.2) is 60.7 Å². The molecule has 3 aromatic rings. The Bertz CT molecular complexity index is 1060. The zero-order chi connectivity index (χ0) is 22.5. The number of anilines is 2. The van der Waals surface area contributed by atoms with Gasteiger partial charge in [0.15, 0.2) is 0 Å². The van der Waals surface area contributed by atoms with Crippen molar-refractivity contribution in [3.05, 3.63) is 72.1 Å². The van der Waals surface area contributed by atoms with Gasteiger partial charge in [0, 0.05) is 37.8 Å². The molecule has 1 amide bonds. The van der Waals surface area contributed by atoms with E-state index in [2.05, 4.69) is 20.6 Å². The monoisotopic (exact) mass is 429 g/mol. The molecule has 0 aliphatic heterocycles. The summed E-state index contributed by atoms with van der Waals surface area (Å²) < 4.78 is 0. The molecule has 0 unspecified atom stereocenters. The molecule has 1 saturated carbocycles. The molecule has 1 aliphatic rings. The van der Waals surface area contributed by atoms with Gasteiger partial charge in [-0.15, -0.1) is 0 Å². The second-order valence-electron chi connectivity index (χ2n) is 8.63. The number of carbonyl (C=O) groups is 1. The summed E-state index contributed by atoms with van der Waals surface area (Å²) in [4.78, 5) is 24.0. The topological polar surface area (TPSA) is 70.2 Å². The van der Waals surface area contributed by atoms with Crippen LogP contribution in [0.1, 0.15) is 41.9 Å². The first kappa shape index (κ1) is 21.8. The second-order valence-corrected chi connectivity index (χ2v) is 8.63. The molecule has 1 aliphatic carbocycles. The van der Waals surface area contributed by atoms with Crippen LogP contribution in [0.25, 0.3) is 11.1 Å². The van der Waals surface area contributed by atoms with E-state index in [0.29, 0.717) is 6.04 Å². The van der Waals surface area contributed by atoms with Gasteiger partial charge in [-0.1, -0.05) is 48.5 Å². The molecule has 0 radical (unpaired) electrons. The summed E-state index contributed by atoms with van der Waals surface area (Å²) in [5.74, 6) is 2.53. The van der Waals surface area contributed by atoms with Crippen LogP contribution < -0.4 is 15.5 Å². The van der Waals surface area contributed by atoms with Gasteiger partial charge in [-0.25, -0.2) is 9.97 Å². The summed E-state index contributed by atoms with van der Waals surface area (Å²) in [6.45, 7) is 1.91. The number of aromatic nitrogens is 2. The maximum Gasteiger partial charge on any atom is 0.252 e. The summed E-state index contributed by atoms with van der Waals surface area (Å²) in [7, 11) is 3.96. The third-order valence-electron chi connectivity index (χ3n) is 5.95. The summed E-state index contributed by atoms with van der Waals surface area (Å²) in [5, 5.41) is 6.83. The van der Waals surface area contributed by atoms with Gasteiger partial charge in [0.2, 0.25) is 0 Å². The molecular formula is C26H31N5O. The number of benzene rings is 2. The molecule has 0 spiro atoms. The quantitative estimate of drug-likeness (QED) is 0.596. The average Bonchev–Trinajstić information content (AvgIpc) is 2.80. The summed E-state index contributed by atoms with van der Waals surface area (Å²) >= 11 is 0. The predicted molar refractivity (Wildman–Crippen MR) is 130 cm³/mol. The lowest BCUT2D eigenvalue weighted by Crippen LogP contribution is -2.40. The van der Waals surface area contributed by atoms with E-state index in [4.69, 9.17) is 0 Å². The Labute approximate surface area is 190 Å². The van der Waals surface area contributed by atoms with Crippen molar-refractivity contribution in [2.75, 3.05) is 24.3 Å². The highest BCUT2D eigenvalue weighted by molar-refractivity contribution is 6.01. The number of carbonyl (C=O) groups excluding carboxylic acids is 1. The van der Waals surface area contributed by atoms with Gasteiger partial charge >= 0.3 is 0 Å². The minimum absolute atomic E-state index is 0.00270. The van der Waals surface area contributed by atoms with Gasteiger partial charge < -0.3 is 15.5 Å². The lowest BCUT2D eigenvalue weighted by atomic mass is 9.90. The van der Waals surface area contributed by atoms with E-state index < -0.39 is 0 Å². The largest absolute Gasteiger partial charge is 0.367 e. The molecule has 6 nitrogen and oxygen atoms in total. The van der Waals surface area contributed by atoms with Gasteiger partial charge in [-0.3, -0.25) is 4.79 Å². The van der Waals surface area contributed by atoms with Crippen molar-refractivity contribution in [2.24, 2.45) is 0 Å². The maximum atomic E-state index is 13.1. The van der Waals surface area contributed by atoms with E-state index in [1.165, 1.54) is 0 Å². The van der Waals surface area contributed by atoms with Crippen molar-refractivity contribution in [1.29, 1.82) is 0 Å². The molecule has 4 rings (SSSR count). The van der Waals surface area contributed by atoms with Crippen LogP contribution in [0.3, 0.4) is 0 Å². The van der Waals surface area contributed by atoms with Gasteiger partial charge in [0.05, 0.1) is 0 Å². The molecule has 0 bridgehead atoms. The van der Waals surface area contributed by atoms with E-state index in [1.54, 1.807) is 0 Å². The van der Waals surface area contributed by atoms with Crippen LogP contribution in [0.4, 0.5) is 11.6 Å². The van der Waals surface area contributed by atoms with Crippen molar-refractivity contribution < 1.29 is 4.79 Å². The zero-order valence-corrected chi connectivity index (χ0v) is 19.0. The number of amides is 1. The van der Waals surface area contributed by atoms with Gasteiger partial charge in [-0.05, 0) is 49.8 Å². The molecule has 166 valence electrons. The zero-order valence-electron chi connectivity index (χ0n) is 19.0. The lowest BCUT2D eigenvalue weighted by Gasteiger charge is -2.30. The van der Waals surface area contributed by atoms with E-state index in [0.717, 1.165) is 59.8 Å². The third kappa shape index (κ3) is 5.25. The first-order valence-corrected chi connectivity index (χ1v) is 11.2. The minimum Gasteiger partial charge on any atom is -0.367 e. The fraction of sp³-hybridized carbons (Fsp3) is 0.346. The van der Waals surface area contributed by atoms with Crippen molar-refractivity contribution in [2.45, 2.75) is 44.7 Å². The molecular weight excluding hydrogens is 398 g/mol. The molecule has 32 heavy (non-hydrogen) atoms. The standard InChI is InChI=1S/C26H31N5O/c1-18-27-24(17-25(28-18)31(2)3)29-20-13-15-21(16-14-20)30-26(32)23-12-8-7-11-22(23)19-9-5-4-6-10-19/h4-12,17,20-21H,13-16H2,1-3H3,(H,30,32)(H,27,28,29). The summed E-state index contributed by atoms with van der Waals surface area (Å²) in [6, 6.07) is 20.4. The highest BCUT2D eigenvalue weighted by Gasteiger charge is 2.24. The first-order chi connectivity index (χ1) is 15.5. The Kier molecular flexibility index (Phi) is 6.69. The Morgan fingerprint density at radius 3 is 2.28 bits per heavy atom. The lowest BCUT2D eigenvalue weighted by molar-refractivity contribution is 0.0927. The third-order valence-corrected chi connectivity index (χ3v) is 5.95. The highest BCUT2D eigenvalue weighted by Crippen LogP contribution is 2.26. The summed E-state index contributed by atoms with van der Waals surface area (Å²) in [5.41, 5.74) is 2.76. The molecule has 2 N–H and O–H groups in total. The predicted octanol–water partition coefficient (Wildman–Crippen LogP) is 4.67. The van der Waals surface area contributed by atoms with Crippen LogP contribution in [0.5, 0.6) is 0 Å². The fourth-order valence-corrected chi connectivity index (χ4v) is 4.26. The number of rotatable bonds is 6. The number of aryl methyl sites for hydroxylation is 1. The smallest absolute Gasteiger partial charge is 0.252 e. The summed E-state index contributed by atoms with van der Waals surface area (Å²) in [6.07, 6.45) is 3.88. The van der Waals surface area contributed by atoms with Crippen LogP contribution in [0, 0.1) is 6.92 Å². The number of nitrogens with one attached hydrogen (secondary N) is 2. The highest BCUT2D eigenvalue weighted by atomic mass is 16.1. The minimum atomic E-state index is 0.00270. The normalized spacial score (nSPS) is 18.1. The van der Waals surface area contributed by atoms with Crippen LogP contribution in [-0.4, -0.2) is 42.1 Å². The Balaban J connectivity index is 1.36. The van der Waals surface area contributed by atoms with Crippen molar-refractivity contribution in [3.63, 3.8) is 0 Å². The molecule has 1 aromatic heterocycles. The van der Waals surface area contributed by atoms with Gasteiger partial charge in [0.25, 0.3) is 5.91 Å². The SMILES string of the molecule is Cc1nc(NC2CCC(NC(=O)c3ccccc3-c3ccccc3)CC2)cc(N(C)C)n1. The second kappa shape index (κ2) is 9.81. The van der Waals surface area contributed by atoms with Crippen molar-refractivity contribution in [3.8, 4) is 11.1 Å². The molecule has 0 saturated heterocycles. The van der Waals surface area contributed by atoms with E-state index in [-0.39, 0.29) is 11.9 Å². The van der Waals surface area contributed by atoms with Crippen molar-refractivity contribution in [1.82, 2.24) is 15.3 Å². The molecule has 1 heterocycles. The first-order valence-electron chi connectivity index (χ1n) is 11.2. The van der Waals surface area contributed by atoms with Crippen LogP contribution in [0.2, 0.25) is 0 Å². The molecule has 1 fully saturated rings. The molecule has 6 heteroatoms. The number of nitrogens with zero attached hydrogens (tertiary/aromatic N) is 3. The number of hydrogen-bond acceptors (Lipinski definition) is 5. The Morgan fingerprint density at radius 1 is 0.906 bits per heavy atom. The average molecular weight is 430 g/mol. The van der Waals surface area contributed by atoms with E-state index in [1.807, 2.05) is 86.6 Å². The van der Waals surface area contributed by atoms with E-state index >= 15 is 0 Å². The van der Waals surface area contributed by atoms with Gasteiger partial charge in [0.1, 0.15) is 17.5 Å². The van der Waals surface area contributed by atoms with Gasteiger partial charge in [-0.2, -0.15) is 0 Å². The van der Waals surface area contributed by atoms with Crippen molar-refractivity contribution >= 4 is 17.5 Å². The number of hydrogen-bond donors (Lipinski definition) is 2.